The standard InChI is InChI=1S/C21H22N2O5/c1-13(24)15-5-4-6-16(10-15)23-20(26)21(2,3)19(25)22-11-14-7-8-17-18(9-14)28-12-27-17/h4-10H,11-12H2,1-3H3,(H,22,25)(H,23,26). The van der Waals surface area contributed by atoms with Crippen molar-refractivity contribution >= 4 is 23.3 Å². The Kier molecular flexibility index (Phi) is 5.35. The molecule has 0 bridgehead atoms. The van der Waals surface area contributed by atoms with Gasteiger partial charge < -0.3 is 20.1 Å². The minimum Gasteiger partial charge on any atom is -0.454 e. The molecule has 7 nitrogen and oxygen atoms in total. The molecule has 28 heavy (non-hydrogen) atoms. The highest BCUT2D eigenvalue weighted by molar-refractivity contribution is 6.10. The molecule has 3 rings (SSSR count). The van der Waals surface area contributed by atoms with Crippen LogP contribution in [0.2, 0.25) is 0 Å². The van der Waals surface area contributed by atoms with E-state index in [0.717, 1.165) is 5.56 Å². The number of ether oxygens (including phenoxy) is 2. The number of Topliss-reactive ketones (excluding diaryl/α,β-unsaturated/α-hetero) is 1. The predicted molar refractivity (Wildman–Crippen MR) is 103 cm³/mol. The number of hydrogen-bond donors (Lipinski definition) is 2. The van der Waals surface area contributed by atoms with Crippen molar-refractivity contribution in [3.8, 4) is 11.5 Å². The van der Waals surface area contributed by atoms with Crippen LogP contribution in [0.4, 0.5) is 5.69 Å². The molecule has 2 aromatic carbocycles. The maximum atomic E-state index is 12.6. The maximum absolute atomic E-state index is 12.6. The van der Waals surface area contributed by atoms with Gasteiger partial charge in [-0.2, -0.15) is 0 Å². The van der Waals surface area contributed by atoms with E-state index in [0.29, 0.717) is 22.7 Å². The normalized spacial score (nSPS) is 12.4. The van der Waals surface area contributed by atoms with Crippen molar-refractivity contribution in [3.05, 3.63) is 53.6 Å². The van der Waals surface area contributed by atoms with Crippen LogP contribution < -0.4 is 20.1 Å². The fourth-order valence-electron chi connectivity index (χ4n) is 2.66. The number of anilines is 1. The van der Waals surface area contributed by atoms with Crippen LogP contribution in [0.1, 0.15) is 36.7 Å². The van der Waals surface area contributed by atoms with Gasteiger partial charge in [-0.15, -0.1) is 0 Å². The minimum absolute atomic E-state index is 0.100. The molecule has 1 heterocycles. The zero-order valence-corrected chi connectivity index (χ0v) is 16.0. The first kappa shape index (κ1) is 19.4. The van der Waals surface area contributed by atoms with E-state index in [1.807, 2.05) is 6.07 Å². The molecule has 0 spiro atoms. The van der Waals surface area contributed by atoms with Crippen molar-refractivity contribution < 1.29 is 23.9 Å². The van der Waals surface area contributed by atoms with Gasteiger partial charge in [-0.3, -0.25) is 14.4 Å². The second kappa shape index (κ2) is 7.72. The molecule has 1 aliphatic rings. The van der Waals surface area contributed by atoms with Gasteiger partial charge in [-0.1, -0.05) is 18.2 Å². The molecule has 0 unspecified atom stereocenters. The lowest BCUT2D eigenvalue weighted by Crippen LogP contribution is -2.44. The third-order valence-electron chi connectivity index (χ3n) is 4.55. The predicted octanol–water partition coefficient (Wildman–Crippen LogP) is 2.90. The van der Waals surface area contributed by atoms with E-state index in [-0.39, 0.29) is 19.1 Å². The van der Waals surface area contributed by atoms with Gasteiger partial charge in [-0.05, 0) is 50.6 Å². The summed E-state index contributed by atoms with van der Waals surface area (Å²) in [7, 11) is 0. The Labute approximate surface area is 163 Å². The average Bonchev–Trinajstić information content (AvgIpc) is 3.13. The molecule has 0 fully saturated rings. The first-order valence-corrected chi connectivity index (χ1v) is 8.86. The maximum Gasteiger partial charge on any atom is 0.239 e. The van der Waals surface area contributed by atoms with Gasteiger partial charge in [0.05, 0.1) is 0 Å². The van der Waals surface area contributed by atoms with Gasteiger partial charge in [0.15, 0.2) is 17.3 Å². The van der Waals surface area contributed by atoms with Crippen molar-refractivity contribution in [2.45, 2.75) is 27.3 Å². The Balaban J connectivity index is 1.62. The monoisotopic (exact) mass is 382 g/mol. The van der Waals surface area contributed by atoms with Crippen LogP contribution >= 0.6 is 0 Å². The largest absolute Gasteiger partial charge is 0.454 e. The Morgan fingerprint density at radius 1 is 1.00 bits per heavy atom. The van der Waals surface area contributed by atoms with Gasteiger partial charge in [-0.25, -0.2) is 0 Å². The number of fused-ring (bicyclic) bond motifs is 1. The highest BCUT2D eigenvalue weighted by atomic mass is 16.7. The van der Waals surface area contributed by atoms with Crippen molar-refractivity contribution in [3.63, 3.8) is 0 Å². The number of amides is 2. The molecule has 7 heteroatoms. The molecule has 0 atom stereocenters. The topological polar surface area (TPSA) is 93.7 Å². The molecular formula is C21H22N2O5. The first-order chi connectivity index (χ1) is 13.3. The number of nitrogens with one attached hydrogen (secondary N) is 2. The Morgan fingerprint density at radius 3 is 2.50 bits per heavy atom. The van der Waals surface area contributed by atoms with Crippen LogP contribution in [0.5, 0.6) is 11.5 Å². The SMILES string of the molecule is CC(=O)c1cccc(NC(=O)C(C)(C)C(=O)NCc2ccc3c(c2)OCO3)c1. The molecule has 1 aliphatic heterocycles. The highest BCUT2D eigenvalue weighted by Gasteiger charge is 2.36. The van der Waals surface area contributed by atoms with Crippen LogP contribution in [-0.4, -0.2) is 24.4 Å². The highest BCUT2D eigenvalue weighted by Crippen LogP contribution is 2.32. The van der Waals surface area contributed by atoms with Gasteiger partial charge in [0.1, 0.15) is 5.41 Å². The van der Waals surface area contributed by atoms with E-state index in [9.17, 15) is 14.4 Å². The van der Waals surface area contributed by atoms with Gasteiger partial charge in [0.25, 0.3) is 0 Å². The smallest absolute Gasteiger partial charge is 0.239 e. The summed E-state index contributed by atoms with van der Waals surface area (Å²) in [5, 5.41) is 5.48. The molecule has 146 valence electrons. The van der Waals surface area contributed by atoms with Crippen molar-refractivity contribution in [2.24, 2.45) is 5.41 Å². The summed E-state index contributed by atoms with van der Waals surface area (Å²) in [6, 6.07) is 12.0. The average molecular weight is 382 g/mol. The molecular weight excluding hydrogens is 360 g/mol. The summed E-state index contributed by atoms with van der Waals surface area (Å²) in [6.45, 7) is 4.99. The van der Waals surface area contributed by atoms with Crippen molar-refractivity contribution in [1.82, 2.24) is 5.32 Å². The quantitative estimate of drug-likeness (QED) is 0.592. The molecule has 0 saturated carbocycles. The van der Waals surface area contributed by atoms with Crippen molar-refractivity contribution in [1.29, 1.82) is 0 Å². The Bertz CT molecular complexity index is 936. The molecule has 2 aromatic rings. The van der Waals surface area contributed by atoms with E-state index in [1.165, 1.54) is 6.92 Å². The Morgan fingerprint density at radius 2 is 1.75 bits per heavy atom. The van der Waals surface area contributed by atoms with Crippen LogP contribution in [0.15, 0.2) is 42.5 Å². The van der Waals surface area contributed by atoms with E-state index in [4.69, 9.17) is 9.47 Å². The molecule has 2 amide bonds. The van der Waals surface area contributed by atoms with E-state index in [2.05, 4.69) is 10.6 Å². The molecule has 2 N–H and O–H groups in total. The van der Waals surface area contributed by atoms with Gasteiger partial charge in [0.2, 0.25) is 18.6 Å². The van der Waals surface area contributed by atoms with E-state index >= 15 is 0 Å². The van der Waals surface area contributed by atoms with Crippen LogP contribution in [0.3, 0.4) is 0 Å². The second-order valence-corrected chi connectivity index (χ2v) is 7.09. The summed E-state index contributed by atoms with van der Waals surface area (Å²) in [6.07, 6.45) is 0. The van der Waals surface area contributed by atoms with E-state index in [1.54, 1.807) is 50.2 Å². The third kappa shape index (κ3) is 4.14. The molecule has 0 saturated heterocycles. The summed E-state index contributed by atoms with van der Waals surface area (Å²) in [5.41, 5.74) is 0.489. The zero-order chi connectivity index (χ0) is 20.3. The third-order valence-corrected chi connectivity index (χ3v) is 4.55. The number of carbonyl (C=O) groups is 3. The number of benzene rings is 2. The van der Waals surface area contributed by atoms with Crippen molar-refractivity contribution in [2.75, 3.05) is 12.1 Å². The summed E-state index contributed by atoms with van der Waals surface area (Å²) < 4.78 is 10.6. The lowest BCUT2D eigenvalue weighted by Gasteiger charge is -2.23. The minimum atomic E-state index is -1.30. The fraction of sp³-hybridized carbons (Fsp3) is 0.286. The summed E-state index contributed by atoms with van der Waals surface area (Å²) >= 11 is 0. The number of ketones is 1. The van der Waals surface area contributed by atoms with E-state index < -0.39 is 17.2 Å². The number of rotatable bonds is 6. The lowest BCUT2D eigenvalue weighted by atomic mass is 9.90. The Hall–Kier alpha value is -3.35. The van der Waals surface area contributed by atoms with Crippen LogP contribution in [-0.2, 0) is 16.1 Å². The second-order valence-electron chi connectivity index (χ2n) is 7.09. The number of carbonyl (C=O) groups excluding carboxylic acids is 3. The first-order valence-electron chi connectivity index (χ1n) is 8.86. The summed E-state index contributed by atoms with van der Waals surface area (Å²) in [4.78, 5) is 36.7. The van der Waals surface area contributed by atoms with Crippen LogP contribution in [0.25, 0.3) is 0 Å². The molecule has 0 aromatic heterocycles. The lowest BCUT2D eigenvalue weighted by molar-refractivity contribution is -0.138. The number of hydrogen-bond acceptors (Lipinski definition) is 5. The van der Waals surface area contributed by atoms with Gasteiger partial charge >= 0.3 is 0 Å². The summed E-state index contributed by atoms with van der Waals surface area (Å²) in [5.74, 6) is 0.329. The molecule has 0 aliphatic carbocycles. The van der Waals surface area contributed by atoms with Crippen LogP contribution in [0, 0.1) is 5.41 Å². The zero-order valence-electron chi connectivity index (χ0n) is 16.0. The fourth-order valence-corrected chi connectivity index (χ4v) is 2.66. The van der Waals surface area contributed by atoms with Gasteiger partial charge in [0, 0.05) is 17.8 Å². The molecule has 0 radical (unpaired) electrons.